The molecule has 1 N–H and O–H groups in total. The summed E-state index contributed by atoms with van der Waals surface area (Å²) in [6.45, 7) is 0. The van der Waals surface area contributed by atoms with E-state index in [1.54, 1.807) is 6.07 Å². The molecule has 2 rings (SSSR count). The molecule has 1 aliphatic rings. The van der Waals surface area contributed by atoms with Gasteiger partial charge in [-0.2, -0.15) is 13.2 Å². The molecule has 1 nitrogen and oxygen atoms in total. The predicted octanol–water partition coefficient (Wildman–Crippen LogP) is 4.61. The first-order chi connectivity index (χ1) is 9.20. The Morgan fingerprint density at radius 1 is 1.25 bits per heavy atom. The Bertz CT molecular complexity index is 479. The zero-order chi connectivity index (χ0) is 15.0. The average Bonchev–Trinajstić information content (AvgIpc) is 2.32. The van der Waals surface area contributed by atoms with Gasteiger partial charge in [-0.3, -0.25) is 0 Å². The van der Waals surface area contributed by atoms with E-state index in [1.807, 2.05) is 0 Å². The molecule has 1 saturated carbocycles. The second-order valence-electron chi connectivity index (χ2n) is 5.45. The third-order valence-electron chi connectivity index (χ3n) is 3.91. The number of benzene rings is 1. The van der Waals surface area contributed by atoms with Crippen LogP contribution in [0.4, 0.5) is 17.6 Å². The SMILES string of the molecule is OC1(Cc2ccc(F)cc2Br)CCC(C(F)(F)F)CC1. The van der Waals surface area contributed by atoms with Gasteiger partial charge in [-0.25, -0.2) is 4.39 Å². The molecular weight excluding hydrogens is 340 g/mol. The van der Waals surface area contributed by atoms with Crippen molar-refractivity contribution < 1.29 is 22.7 Å². The summed E-state index contributed by atoms with van der Waals surface area (Å²) in [5, 5.41) is 10.4. The number of halogens is 5. The fourth-order valence-electron chi connectivity index (χ4n) is 2.68. The van der Waals surface area contributed by atoms with E-state index < -0.39 is 23.5 Å². The van der Waals surface area contributed by atoms with Gasteiger partial charge in [-0.1, -0.05) is 22.0 Å². The van der Waals surface area contributed by atoms with Crippen molar-refractivity contribution >= 4 is 15.9 Å². The second-order valence-corrected chi connectivity index (χ2v) is 6.31. The standard InChI is InChI=1S/C14H15BrF4O/c15-12-7-11(16)2-1-9(12)8-13(20)5-3-10(4-6-13)14(17,18)19/h1-2,7,10,20H,3-6,8H2. The fourth-order valence-corrected chi connectivity index (χ4v) is 3.17. The van der Waals surface area contributed by atoms with Crippen molar-refractivity contribution in [3.63, 3.8) is 0 Å². The van der Waals surface area contributed by atoms with Gasteiger partial charge in [0.2, 0.25) is 0 Å². The van der Waals surface area contributed by atoms with E-state index in [0.717, 1.165) is 0 Å². The molecule has 1 fully saturated rings. The van der Waals surface area contributed by atoms with Crippen LogP contribution >= 0.6 is 15.9 Å². The van der Waals surface area contributed by atoms with Gasteiger partial charge in [-0.05, 0) is 43.4 Å². The van der Waals surface area contributed by atoms with Crippen LogP contribution < -0.4 is 0 Å². The summed E-state index contributed by atoms with van der Waals surface area (Å²) in [7, 11) is 0. The molecule has 0 atom stereocenters. The van der Waals surface area contributed by atoms with E-state index in [9.17, 15) is 22.7 Å². The highest BCUT2D eigenvalue weighted by Crippen LogP contribution is 2.42. The van der Waals surface area contributed by atoms with Gasteiger partial charge >= 0.3 is 6.18 Å². The maximum atomic E-state index is 13.0. The first-order valence-corrected chi connectivity index (χ1v) is 7.22. The van der Waals surface area contributed by atoms with Gasteiger partial charge in [0.15, 0.2) is 0 Å². The lowest BCUT2D eigenvalue weighted by Crippen LogP contribution is -2.39. The van der Waals surface area contributed by atoms with Crippen molar-refractivity contribution in [3.05, 3.63) is 34.1 Å². The Morgan fingerprint density at radius 2 is 1.85 bits per heavy atom. The van der Waals surface area contributed by atoms with Crippen LogP contribution in [0.5, 0.6) is 0 Å². The first-order valence-electron chi connectivity index (χ1n) is 6.43. The molecule has 1 aliphatic carbocycles. The molecule has 20 heavy (non-hydrogen) atoms. The van der Waals surface area contributed by atoms with Gasteiger partial charge in [0.1, 0.15) is 5.82 Å². The van der Waals surface area contributed by atoms with Crippen LogP contribution in [0.2, 0.25) is 0 Å². The molecule has 0 saturated heterocycles. The molecular formula is C14H15BrF4O. The van der Waals surface area contributed by atoms with Crippen molar-refractivity contribution in [2.24, 2.45) is 5.92 Å². The predicted molar refractivity (Wildman–Crippen MR) is 70.8 cm³/mol. The summed E-state index contributed by atoms with van der Waals surface area (Å²) in [6, 6.07) is 4.12. The molecule has 0 aliphatic heterocycles. The Morgan fingerprint density at radius 3 is 2.35 bits per heavy atom. The fraction of sp³-hybridized carbons (Fsp3) is 0.571. The zero-order valence-corrected chi connectivity index (χ0v) is 12.3. The van der Waals surface area contributed by atoms with E-state index in [-0.39, 0.29) is 32.1 Å². The Balaban J connectivity index is 2.03. The van der Waals surface area contributed by atoms with Crippen LogP contribution in [-0.2, 0) is 6.42 Å². The maximum Gasteiger partial charge on any atom is 0.391 e. The first kappa shape index (κ1) is 15.8. The molecule has 0 spiro atoms. The minimum atomic E-state index is -4.18. The van der Waals surface area contributed by atoms with Gasteiger partial charge in [0, 0.05) is 10.9 Å². The molecule has 1 aromatic rings. The lowest BCUT2D eigenvalue weighted by molar-refractivity contribution is -0.192. The van der Waals surface area contributed by atoms with Crippen LogP contribution in [0.3, 0.4) is 0 Å². The third kappa shape index (κ3) is 3.73. The van der Waals surface area contributed by atoms with Gasteiger partial charge in [0.25, 0.3) is 0 Å². The van der Waals surface area contributed by atoms with Crippen LogP contribution in [0.1, 0.15) is 31.2 Å². The number of rotatable bonds is 2. The van der Waals surface area contributed by atoms with Crippen molar-refractivity contribution in [1.29, 1.82) is 0 Å². The summed E-state index contributed by atoms with van der Waals surface area (Å²) in [5.41, 5.74) is -0.429. The molecule has 0 aromatic heterocycles. The summed E-state index contributed by atoms with van der Waals surface area (Å²) >= 11 is 3.21. The van der Waals surface area contributed by atoms with Crippen LogP contribution in [0, 0.1) is 11.7 Å². The number of aliphatic hydroxyl groups is 1. The van der Waals surface area contributed by atoms with Crippen LogP contribution in [-0.4, -0.2) is 16.9 Å². The topological polar surface area (TPSA) is 20.2 Å². The second kappa shape index (κ2) is 5.64. The van der Waals surface area contributed by atoms with Crippen molar-refractivity contribution in [3.8, 4) is 0 Å². The smallest absolute Gasteiger partial charge is 0.390 e. The largest absolute Gasteiger partial charge is 0.391 e. The van der Waals surface area contributed by atoms with E-state index in [2.05, 4.69) is 15.9 Å². The Hall–Kier alpha value is -0.620. The lowest BCUT2D eigenvalue weighted by Gasteiger charge is -2.37. The van der Waals surface area contributed by atoms with Crippen molar-refractivity contribution in [1.82, 2.24) is 0 Å². The molecule has 1 aromatic carbocycles. The molecule has 0 radical (unpaired) electrons. The number of hydrogen-bond donors (Lipinski definition) is 1. The Kier molecular flexibility index (Phi) is 4.44. The van der Waals surface area contributed by atoms with Crippen molar-refractivity contribution in [2.75, 3.05) is 0 Å². The Labute approximate surface area is 123 Å². The minimum absolute atomic E-state index is 0.0567. The van der Waals surface area contributed by atoms with Crippen LogP contribution in [0.25, 0.3) is 0 Å². The molecule has 0 amide bonds. The number of hydrogen-bond acceptors (Lipinski definition) is 1. The van der Waals surface area contributed by atoms with E-state index in [4.69, 9.17) is 0 Å². The zero-order valence-electron chi connectivity index (χ0n) is 10.7. The monoisotopic (exact) mass is 354 g/mol. The molecule has 0 unspecified atom stereocenters. The quantitative estimate of drug-likeness (QED) is 0.768. The highest BCUT2D eigenvalue weighted by atomic mass is 79.9. The summed E-state index contributed by atoms with van der Waals surface area (Å²) in [4.78, 5) is 0. The van der Waals surface area contributed by atoms with Crippen molar-refractivity contribution in [2.45, 2.75) is 43.9 Å². The minimum Gasteiger partial charge on any atom is -0.390 e. The molecule has 0 heterocycles. The van der Waals surface area contributed by atoms with Gasteiger partial charge < -0.3 is 5.11 Å². The molecule has 112 valence electrons. The van der Waals surface area contributed by atoms with Crippen LogP contribution in [0.15, 0.2) is 22.7 Å². The summed E-state index contributed by atoms with van der Waals surface area (Å²) in [5.74, 6) is -1.71. The lowest BCUT2D eigenvalue weighted by atomic mass is 9.75. The molecule has 6 heteroatoms. The summed E-state index contributed by atoms with van der Waals surface area (Å²) < 4.78 is 51.3. The highest BCUT2D eigenvalue weighted by Gasteiger charge is 2.45. The third-order valence-corrected chi connectivity index (χ3v) is 4.65. The number of alkyl halides is 3. The maximum absolute atomic E-state index is 13.0. The van der Waals surface area contributed by atoms with E-state index in [1.165, 1.54) is 12.1 Å². The van der Waals surface area contributed by atoms with E-state index >= 15 is 0 Å². The van der Waals surface area contributed by atoms with Gasteiger partial charge in [0.05, 0.1) is 11.5 Å². The van der Waals surface area contributed by atoms with Gasteiger partial charge in [-0.15, -0.1) is 0 Å². The molecule has 0 bridgehead atoms. The highest BCUT2D eigenvalue weighted by molar-refractivity contribution is 9.10. The summed E-state index contributed by atoms with van der Waals surface area (Å²) in [6.07, 6.45) is -3.84. The normalized spacial score (nSPS) is 27.6. The van der Waals surface area contributed by atoms with E-state index in [0.29, 0.717) is 10.0 Å². The average molecular weight is 355 g/mol.